The molecule has 1 aliphatic carbocycles. The number of carboxylic acids is 1. The normalized spacial score (nSPS) is 14.4. The van der Waals surface area contributed by atoms with Gasteiger partial charge in [-0.1, -0.05) is 30.3 Å². The van der Waals surface area contributed by atoms with Crippen molar-refractivity contribution in [2.24, 2.45) is 0 Å². The van der Waals surface area contributed by atoms with Gasteiger partial charge in [0.1, 0.15) is 0 Å². The second kappa shape index (κ2) is 4.26. The number of hydrogen-bond acceptors (Lipinski definition) is 2. The smallest absolute Gasteiger partial charge is 0.337 e. The van der Waals surface area contributed by atoms with E-state index in [-0.39, 0.29) is 0 Å². The second-order valence-corrected chi connectivity index (χ2v) is 4.57. The molecule has 0 saturated heterocycles. The lowest BCUT2D eigenvalue weighted by molar-refractivity contribution is 0.0695. The average molecular weight is 239 g/mol. The van der Waals surface area contributed by atoms with Crippen LogP contribution in [0.2, 0.25) is 0 Å². The molecule has 0 bridgehead atoms. The highest BCUT2D eigenvalue weighted by Crippen LogP contribution is 2.41. The largest absolute Gasteiger partial charge is 0.478 e. The zero-order valence-electron chi connectivity index (χ0n) is 9.84. The highest BCUT2D eigenvalue weighted by Gasteiger charge is 2.29. The minimum absolute atomic E-state index is 0.333. The number of nitrogens with zero attached hydrogens (tertiary/aromatic N) is 1. The van der Waals surface area contributed by atoms with Crippen LogP contribution in [0, 0.1) is 0 Å². The number of carboxylic acid groups (broad SMARTS) is 1. The van der Waals surface area contributed by atoms with Crippen molar-refractivity contribution >= 4 is 5.97 Å². The zero-order chi connectivity index (χ0) is 12.5. The number of hydrogen-bond donors (Lipinski definition) is 1. The van der Waals surface area contributed by atoms with Crippen LogP contribution in [0.25, 0.3) is 11.3 Å². The highest BCUT2D eigenvalue weighted by molar-refractivity contribution is 5.89. The Morgan fingerprint density at radius 2 is 1.83 bits per heavy atom. The summed E-state index contributed by atoms with van der Waals surface area (Å²) in [4.78, 5) is 15.7. The summed E-state index contributed by atoms with van der Waals surface area (Å²) in [7, 11) is 0. The molecule has 0 unspecified atom stereocenters. The fourth-order valence-corrected chi connectivity index (χ4v) is 2.09. The SMILES string of the molecule is O=C(O)c1ccc(-c2ccccc2)nc1C1CC1. The number of pyridine rings is 1. The summed E-state index contributed by atoms with van der Waals surface area (Å²) in [5.41, 5.74) is 2.96. The van der Waals surface area contributed by atoms with Gasteiger partial charge in [-0.05, 0) is 25.0 Å². The Morgan fingerprint density at radius 3 is 2.44 bits per heavy atom. The van der Waals surface area contributed by atoms with Gasteiger partial charge >= 0.3 is 5.97 Å². The fraction of sp³-hybridized carbons (Fsp3) is 0.200. The van der Waals surface area contributed by atoms with Crippen LogP contribution in [-0.4, -0.2) is 16.1 Å². The third-order valence-corrected chi connectivity index (χ3v) is 3.19. The third kappa shape index (κ3) is 1.99. The number of aromatic carboxylic acids is 1. The molecule has 90 valence electrons. The maximum Gasteiger partial charge on any atom is 0.337 e. The second-order valence-electron chi connectivity index (χ2n) is 4.57. The van der Waals surface area contributed by atoms with E-state index in [2.05, 4.69) is 4.98 Å². The van der Waals surface area contributed by atoms with Gasteiger partial charge in [-0.3, -0.25) is 4.98 Å². The molecule has 1 aliphatic rings. The first-order valence-corrected chi connectivity index (χ1v) is 6.05. The predicted octanol–water partition coefficient (Wildman–Crippen LogP) is 3.32. The van der Waals surface area contributed by atoms with Gasteiger partial charge in [0.05, 0.1) is 17.0 Å². The molecule has 18 heavy (non-hydrogen) atoms. The maximum atomic E-state index is 11.2. The van der Waals surface area contributed by atoms with E-state index < -0.39 is 5.97 Å². The van der Waals surface area contributed by atoms with Crippen molar-refractivity contribution in [3.05, 3.63) is 53.7 Å². The minimum atomic E-state index is -0.885. The van der Waals surface area contributed by atoms with Crippen LogP contribution in [0.3, 0.4) is 0 Å². The van der Waals surface area contributed by atoms with Crippen LogP contribution < -0.4 is 0 Å². The van der Waals surface area contributed by atoms with E-state index in [9.17, 15) is 4.79 Å². The van der Waals surface area contributed by atoms with Gasteiger partial charge < -0.3 is 5.11 Å². The monoisotopic (exact) mass is 239 g/mol. The Balaban J connectivity index is 2.08. The molecule has 1 N–H and O–H groups in total. The van der Waals surface area contributed by atoms with Gasteiger partial charge in [0, 0.05) is 11.5 Å². The van der Waals surface area contributed by atoms with Crippen molar-refractivity contribution in [2.75, 3.05) is 0 Å². The molecule has 2 aromatic rings. The molecule has 0 aliphatic heterocycles. The number of benzene rings is 1. The van der Waals surface area contributed by atoms with Gasteiger partial charge in [0.15, 0.2) is 0 Å². The van der Waals surface area contributed by atoms with E-state index in [0.717, 1.165) is 29.8 Å². The van der Waals surface area contributed by atoms with Crippen molar-refractivity contribution in [2.45, 2.75) is 18.8 Å². The first-order chi connectivity index (χ1) is 8.75. The summed E-state index contributed by atoms with van der Waals surface area (Å²) < 4.78 is 0. The molecular formula is C15H13NO2. The lowest BCUT2D eigenvalue weighted by Crippen LogP contribution is -2.04. The zero-order valence-corrected chi connectivity index (χ0v) is 9.84. The number of rotatable bonds is 3. The summed E-state index contributed by atoms with van der Waals surface area (Å²) in [6.07, 6.45) is 2.09. The molecule has 1 fully saturated rings. The van der Waals surface area contributed by atoms with Crippen molar-refractivity contribution in [1.29, 1.82) is 0 Å². The summed E-state index contributed by atoms with van der Waals surface area (Å²) in [5.74, 6) is -0.552. The van der Waals surface area contributed by atoms with E-state index in [1.54, 1.807) is 12.1 Å². The van der Waals surface area contributed by atoms with Gasteiger partial charge in [-0.2, -0.15) is 0 Å². The predicted molar refractivity (Wildman–Crippen MR) is 68.6 cm³/mol. The van der Waals surface area contributed by atoms with Gasteiger partial charge in [0.2, 0.25) is 0 Å². The van der Waals surface area contributed by atoms with E-state index in [4.69, 9.17) is 5.11 Å². The lowest BCUT2D eigenvalue weighted by Gasteiger charge is -2.07. The first-order valence-electron chi connectivity index (χ1n) is 6.05. The minimum Gasteiger partial charge on any atom is -0.478 e. The molecular weight excluding hydrogens is 226 g/mol. The standard InChI is InChI=1S/C15H13NO2/c17-15(18)12-8-9-13(10-4-2-1-3-5-10)16-14(12)11-6-7-11/h1-5,8-9,11H,6-7H2,(H,17,18). The van der Waals surface area contributed by atoms with Gasteiger partial charge in [0.25, 0.3) is 0 Å². The van der Waals surface area contributed by atoms with Crippen LogP contribution >= 0.6 is 0 Å². The molecule has 0 atom stereocenters. The number of aromatic nitrogens is 1. The molecule has 3 heteroatoms. The quantitative estimate of drug-likeness (QED) is 0.893. The van der Waals surface area contributed by atoms with Crippen LogP contribution in [0.15, 0.2) is 42.5 Å². The van der Waals surface area contributed by atoms with Crippen LogP contribution in [0.4, 0.5) is 0 Å². The van der Waals surface area contributed by atoms with Crippen molar-refractivity contribution in [3.63, 3.8) is 0 Å². The molecule has 0 spiro atoms. The van der Waals surface area contributed by atoms with Crippen molar-refractivity contribution < 1.29 is 9.90 Å². The molecule has 1 heterocycles. The summed E-state index contributed by atoms with van der Waals surface area (Å²) in [5, 5.41) is 9.16. The summed E-state index contributed by atoms with van der Waals surface area (Å²) in [6, 6.07) is 13.3. The van der Waals surface area contributed by atoms with E-state index >= 15 is 0 Å². The van der Waals surface area contributed by atoms with Crippen LogP contribution in [-0.2, 0) is 0 Å². The molecule has 0 radical (unpaired) electrons. The summed E-state index contributed by atoms with van der Waals surface area (Å²) >= 11 is 0. The average Bonchev–Trinajstić information content (AvgIpc) is 3.23. The molecule has 3 nitrogen and oxygen atoms in total. The van der Waals surface area contributed by atoms with E-state index in [0.29, 0.717) is 11.5 Å². The van der Waals surface area contributed by atoms with Gasteiger partial charge in [-0.25, -0.2) is 4.79 Å². The Kier molecular flexibility index (Phi) is 2.59. The Morgan fingerprint density at radius 1 is 1.11 bits per heavy atom. The van der Waals surface area contributed by atoms with Crippen LogP contribution in [0.1, 0.15) is 34.8 Å². The molecule has 1 saturated carbocycles. The Labute approximate surface area is 105 Å². The van der Waals surface area contributed by atoms with Crippen molar-refractivity contribution in [1.82, 2.24) is 4.98 Å². The first kappa shape index (κ1) is 11.0. The summed E-state index contributed by atoms with van der Waals surface area (Å²) in [6.45, 7) is 0. The molecule has 0 amide bonds. The third-order valence-electron chi connectivity index (χ3n) is 3.19. The van der Waals surface area contributed by atoms with E-state index in [1.807, 2.05) is 30.3 Å². The Hall–Kier alpha value is -2.16. The molecule has 3 rings (SSSR count). The van der Waals surface area contributed by atoms with E-state index in [1.165, 1.54) is 0 Å². The van der Waals surface area contributed by atoms with Crippen molar-refractivity contribution in [3.8, 4) is 11.3 Å². The molecule has 1 aromatic heterocycles. The van der Waals surface area contributed by atoms with Gasteiger partial charge in [-0.15, -0.1) is 0 Å². The van der Waals surface area contributed by atoms with Crippen LogP contribution in [0.5, 0.6) is 0 Å². The topological polar surface area (TPSA) is 50.2 Å². The fourth-order valence-electron chi connectivity index (χ4n) is 2.09. The highest BCUT2D eigenvalue weighted by atomic mass is 16.4. The Bertz CT molecular complexity index is 589. The molecule has 1 aromatic carbocycles. The maximum absolute atomic E-state index is 11.2. The lowest BCUT2D eigenvalue weighted by atomic mass is 10.1. The number of carbonyl (C=O) groups is 1.